The van der Waals surface area contributed by atoms with Gasteiger partial charge in [-0.1, -0.05) is 0 Å². The zero-order chi connectivity index (χ0) is 7.68. The van der Waals surface area contributed by atoms with Crippen LogP contribution in [0.25, 0.3) is 11.2 Å². The zero-order valence-corrected chi connectivity index (χ0v) is 6.39. The predicted molar refractivity (Wildman–Crippen MR) is 42.3 cm³/mol. The maximum atomic E-state index is 5.61. The van der Waals surface area contributed by atoms with Crippen LogP contribution in [0.3, 0.4) is 0 Å². The molecule has 0 bridgehead atoms. The minimum atomic E-state index is 0.474. The summed E-state index contributed by atoms with van der Waals surface area (Å²) in [6, 6.07) is 1.92. The topological polar surface area (TPSA) is 41.6 Å². The van der Waals surface area contributed by atoms with E-state index in [4.69, 9.17) is 11.6 Å². The Hall–Kier alpha value is -1.09. The molecule has 0 aliphatic carbocycles. The highest BCUT2D eigenvalue weighted by Crippen LogP contribution is 2.09. The van der Waals surface area contributed by atoms with E-state index in [0.29, 0.717) is 11.5 Å². The van der Waals surface area contributed by atoms with E-state index in [1.807, 2.05) is 6.07 Å². The van der Waals surface area contributed by atoms with Crippen LogP contribution in [0.2, 0.25) is 0 Å². The summed E-state index contributed by atoms with van der Waals surface area (Å²) in [6.07, 6.45) is 4.32. The van der Waals surface area contributed by atoms with Gasteiger partial charge in [0, 0.05) is 12.1 Å². The third kappa shape index (κ3) is 1.07. The number of rotatable bonds is 1. The molecule has 0 atom stereocenters. The van der Waals surface area contributed by atoms with Crippen molar-refractivity contribution in [3.63, 3.8) is 0 Å². The van der Waals surface area contributed by atoms with Crippen LogP contribution < -0.4 is 0 Å². The van der Waals surface area contributed by atoms with E-state index >= 15 is 0 Å². The molecule has 3 nitrogen and oxygen atoms in total. The van der Waals surface area contributed by atoms with Gasteiger partial charge in [0.1, 0.15) is 0 Å². The summed E-state index contributed by atoms with van der Waals surface area (Å²) in [6.45, 7) is 0. The molecule has 0 saturated carbocycles. The Morgan fingerprint density at radius 2 is 2.55 bits per heavy atom. The van der Waals surface area contributed by atoms with Crippen LogP contribution >= 0.6 is 11.6 Å². The van der Waals surface area contributed by atoms with E-state index in [2.05, 4.69) is 21.3 Å². The molecule has 1 N–H and O–H groups in total. The number of alkyl halides is 1. The van der Waals surface area contributed by atoms with E-state index in [1.54, 1.807) is 6.20 Å². The fraction of sp³-hybridized carbons (Fsp3) is 0.143. The first-order chi connectivity index (χ1) is 5.40. The highest BCUT2D eigenvalue weighted by Gasteiger charge is 1.97. The first-order valence-electron chi connectivity index (χ1n) is 3.17. The lowest BCUT2D eigenvalue weighted by atomic mass is 10.3. The number of hydrogen-bond acceptors (Lipinski definition) is 2. The van der Waals surface area contributed by atoms with Gasteiger partial charge >= 0.3 is 0 Å². The van der Waals surface area contributed by atoms with Crippen molar-refractivity contribution in [1.29, 1.82) is 0 Å². The lowest BCUT2D eigenvalue weighted by Gasteiger charge is -1.91. The van der Waals surface area contributed by atoms with Gasteiger partial charge in [-0.25, -0.2) is 9.97 Å². The van der Waals surface area contributed by atoms with E-state index in [0.717, 1.165) is 11.1 Å². The van der Waals surface area contributed by atoms with Crippen LogP contribution in [0.4, 0.5) is 0 Å². The van der Waals surface area contributed by atoms with Gasteiger partial charge in [0.05, 0.1) is 5.52 Å². The number of nitrogens with zero attached hydrogens (tertiary/aromatic N) is 2. The van der Waals surface area contributed by atoms with Gasteiger partial charge < -0.3 is 4.98 Å². The second-order valence-corrected chi connectivity index (χ2v) is 2.46. The summed E-state index contributed by atoms with van der Waals surface area (Å²) in [5, 5.41) is 0. The second-order valence-electron chi connectivity index (χ2n) is 2.20. The minimum Gasteiger partial charge on any atom is -0.334 e. The lowest BCUT2D eigenvalue weighted by molar-refractivity contribution is 1.26. The Labute approximate surface area is 68.4 Å². The van der Waals surface area contributed by atoms with Crippen LogP contribution in [0.1, 0.15) is 5.56 Å². The Bertz CT molecular complexity index is 368. The van der Waals surface area contributed by atoms with Crippen LogP contribution in [-0.2, 0) is 5.88 Å². The average molecular weight is 167 g/mol. The van der Waals surface area contributed by atoms with Gasteiger partial charge in [0.15, 0.2) is 12.0 Å². The molecule has 2 rings (SSSR count). The molecule has 11 heavy (non-hydrogen) atoms. The lowest BCUT2D eigenvalue weighted by Crippen LogP contribution is -1.81. The fourth-order valence-corrected chi connectivity index (χ4v) is 1.04. The van der Waals surface area contributed by atoms with Crippen LogP contribution in [0.5, 0.6) is 0 Å². The van der Waals surface area contributed by atoms with Crippen molar-refractivity contribution < 1.29 is 0 Å². The molecule has 2 heterocycles. The Kier molecular flexibility index (Phi) is 1.51. The highest BCUT2D eigenvalue weighted by atomic mass is 35.5. The number of aromatic amines is 1. The number of pyridine rings is 1. The van der Waals surface area contributed by atoms with Crippen molar-refractivity contribution in [2.75, 3.05) is 0 Å². The molecule has 0 aliphatic rings. The number of nitrogens with one attached hydrogen (secondary N) is 1. The Balaban J connectivity index is 2.67. The number of imidazole rings is 1. The summed E-state index contributed by atoms with van der Waals surface area (Å²) in [5.41, 5.74) is 2.54. The van der Waals surface area contributed by atoms with Crippen LogP contribution in [0.15, 0.2) is 12.3 Å². The SMILES string of the molecule is ClCc1cnc2n[c][nH]c2c1. The minimum absolute atomic E-state index is 0.474. The summed E-state index contributed by atoms with van der Waals surface area (Å²) in [5.74, 6) is 0.474. The number of hydrogen-bond donors (Lipinski definition) is 1. The molecule has 0 saturated heterocycles. The largest absolute Gasteiger partial charge is 0.334 e. The Morgan fingerprint density at radius 1 is 1.64 bits per heavy atom. The molecule has 4 heteroatoms. The van der Waals surface area contributed by atoms with Crippen molar-refractivity contribution in [3.05, 3.63) is 24.2 Å². The number of aromatic nitrogens is 3. The Morgan fingerprint density at radius 3 is 3.36 bits per heavy atom. The van der Waals surface area contributed by atoms with Crippen molar-refractivity contribution in [3.8, 4) is 0 Å². The monoisotopic (exact) mass is 166 g/mol. The third-order valence-corrected chi connectivity index (χ3v) is 1.74. The standard InChI is InChI=1S/C7H5ClN3/c8-2-5-1-6-7(9-3-5)11-4-10-6/h1,3H,2H2,(H,9,10,11). The molecule has 1 radical (unpaired) electrons. The van der Waals surface area contributed by atoms with Crippen molar-refractivity contribution in [2.45, 2.75) is 5.88 Å². The van der Waals surface area contributed by atoms with Gasteiger partial charge in [0.2, 0.25) is 0 Å². The van der Waals surface area contributed by atoms with E-state index in [9.17, 15) is 0 Å². The van der Waals surface area contributed by atoms with Gasteiger partial charge in [-0.2, -0.15) is 0 Å². The molecule has 55 valence electrons. The highest BCUT2D eigenvalue weighted by molar-refractivity contribution is 6.17. The molecule has 2 aromatic rings. The van der Waals surface area contributed by atoms with Crippen molar-refractivity contribution in [1.82, 2.24) is 15.0 Å². The zero-order valence-electron chi connectivity index (χ0n) is 5.63. The van der Waals surface area contributed by atoms with Gasteiger partial charge in [-0.15, -0.1) is 11.6 Å². The maximum absolute atomic E-state index is 5.61. The first-order valence-corrected chi connectivity index (χ1v) is 3.70. The molecule has 0 aromatic carbocycles. The molecular weight excluding hydrogens is 162 g/mol. The molecule has 0 unspecified atom stereocenters. The molecule has 0 spiro atoms. The summed E-state index contributed by atoms with van der Waals surface area (Å²) in [4.78, 5) is 10.8. The molecule has 0 aliphatic heterocycles. The number of H-pyrrole nitrogens is 1. The van der Waals surface area contributed by atoms with E-state index < -0.39 is 0 Å². The van der Waals surface area contributed by atoms with E-state index in [-0.39, 0.29) is 0 Å². The summed E-state index contributed by atoms with van der Waals surface area (Å²) >= 11 is 5.61. The van der Waals surface area contributed by atoms with Crippen LogP contribution in [0, 0.1) is 6.33 Å². The quantitative estimate of drug-likeness (QED) is 0.653. The predicted octanol–water partition coefficient (Wildman–Crippen LogP) is 1.50. The number of fused-ring (bicyclic) bond motifs is 1. The van der Waals surface area contributed by atoms with E-state index in [1.165, 1.54) is 0 Å². The van der Waals surface area contributed by atoms with Gasteiger partial charge in [0.25, 0.3) is 0 Å². The smallest absolute Gasteiger partial charge is 0.178 e. The van der Waals surface area contributed by atoms with Gasteiger partial charge in [-0.05, 0) is 11.6 Å². The number of halogens is 1. The molecule has 0 fully saturated rings. The van der Waals surface area contributed by atoms with Crippen LogP contribution in [-0.4, -0.2) is 15.0 Å². The van der Waals surface area contributed by atoms with Crippen molar-refractivity contribution in [2.24, 2.45) is 0 Å². The van der Waals surface area contributed by atoms with Crippen molar-refractivity contribution >= 4 is 22.8 Å². The summed E-state index contributed by atoms with van der Waals surface area (Å²) < 4.78 is 0. The van der Waals surface area contributed by atoms with Gasteiger partial charge in [-0.3, -0.25) is 0 Å². The fourth-order valence-electron chi connectivity index (χ4n) is 0.896. The third-order valence-electron chi connectivity index (χ3n) is 1.43. The molecule has 0 amide bonds. The normalized spacial score (nSPS) is 10.6. The first kappa shape index (κ1) is 6.61. The maximum Gasteiger partial charge on any atom is 0.178 e. The average Bonchev–Trinajstić information content (AvgIpc) is 2.50. The second kappa shape index (κ2) is 2.51. The summed E-state index contributed by atoms with van der Waals surface area (Å²) in [7, 11) is 0. The molecule has 2 aromatic heterocycles. The molecular formula is C7H5ClN3.